The van der Waals surface area contributed by atoms with Crippen LogP contribution in [0.25, 0.3) is 0 Å². The van der Waals surface area contributed by atoms with Crippen molar-refractivity contribution >= 4 is 15.9 Å². The monoisotopic (exact) mass is 268 g/mol. The highest BCUT2D eigenvalue weighted by molar-refractivity contribution is 9.10. The zero-order chi connectivity index (χ0) is 10.8. The van der Waals surface area contributed by atoms with Gasteiger partial charge in [-0.15, -0.1) is 0 Å². The highest BCUT2D eigenvalue weighted by Crippen LogP contribution is 2.31. The van der Waals surface area contributed by atoms with Crippen LogP contribution in [0.1, 0.15) is 11.6 Å². The second-order valence-corrected chi connectivity index (χ2v) is 3.49. The second kappa shape index (κ2) is 4.27. The lowest BCUT2D eigenvalue weighted by atomic mass is 10.1. The Kier molecular flexibility index (Phi) is 3.49. The molecular weight excluding hydrogens is 261 g/mol. The fourth-order valence-corrected chi connectivity index (χ4v) is 1.31. The van der Waals surface area contributed by atoms with Gasteiger partial charge in [0, 0.05) is 6.20 Å². The van der Waals surface area contributed by atoms with Crippen LogP contribution in [0, 0.1) is 0 Å². The maximum Gasteiger partial charge on any atom is 0.407 e. The van der Waals surface area contributed by atoms with E-state index in [1.807, 2.05) is 0 Å². The first-order valence-electron chi connectivity index (χ1n) is 3.80. The normalized spacial score (nSPS) is 14.1. The van der Waals surface area contributed by atoms with Gasteiger partial charge in [0.2, 0.25) is 0 Å². The lowest BCUT2D eigenvalue weighted by Crippen LogP contribution is -2.31. The molecule has 1 aromatic rings. The van der Waals surface area contributed by atoms with E-state index >= 15 is 0 Å². The molecule has 2 nitrogen and oxygen atoms in total. The fourth-order valence-electron chi connectivity index (χ4n) is 1.08. The van der Waals surface area contributed by atoms with Crippen molar-refractivity contribution in [1.82, 2.24) is 10.3 Å². The third-order valence-corrected chi connectivity index (χ3v) is 2.17. The zero-order valence-corrected chi connectivity index (χ0v) is 8.85. The van der Waals surface area contributed by atoms with Gasteiger partial charge in [0.15, 0.2) is 0 Å². The van der Waals surface area contributed by atoms with Gasteiger partial charge in [-0.3, -0.25) is 0 Å². The van der Waals surface area contributed by atoms with Crippen LogP contribution in [0.5, 0.6) is 0 Å². The lowest BCUT2D eigenvalue weighted by molar-refractivity contribution is -0.156. The topological polar surface area (TPSA) is 24.9 Å². The fraction of sp³-hybridized carbons (Fsp3) is 0.375. The van der Waals surface area contributed by atoms with E-state index in [2.05, 4.69) is 26.2 Å². The summed E-state index contributed by atoms with van der Waals surface area (Å²) >= 11 is 3.05. The Morgan fingerprint density at radius 2 is 2.07 bits per heavy atom. The van der Waals surface area contributed by atoms with Gasteiger partial charge >= 0.3 is 6.18 Å². The minimum absolute atomic E-state index is 0.100. The van der Waals surface area contributed by atoms with Crippen molar-refractivity contribution in [3.05, 3.63) is 28.5 Å². The van der Waals surface area contributed by atoms with E-state index in [1.165, 1.54) is 25.4 Å². The molecule has 0 aliphatic carbocycles. The number of aromatic nitrogens is 1. The highest BCUT2D eigenvalue weighted by atomic mass is 79.9. The summed E-state index contributed by atoms with van der Waals surface area (Å²) in [6.45, 7) is 0. The number of hydrogen-bond donors (Lipinski definition) is 1. The van der Waals surface area contributed by atoms with Crippen molar-refractivity contribution in [2.45, 2.75) is 12.2 Å². The first kappa shape index (κ1) is 11.5. The molecular formula is C8H8BrF3N2. The molecule has 78 valence electrons. The Hall–Kier alpha value is -0.620. The Morgan fingerprint density at radius 3 is 2.43 bits per heavy atom. The largest absolute Gasteiger partial charge is 0.407 e. The van der Waals surface area contributed by atoms with Crippen LogP contribution in [0.4, 0.5) is 13.2 Å². The van der Waals surface area contributed by atoms with Crippen molar-refractivity contribution in [2.75, 3.05) is 7.05 Å². The quantitative estimate of drug-likeness (QED) is 0.835. The molecule has 6 heteroatoms. The molecule has 1 rings (SSSR count). The molecule has 0 spiro atoms. The Balaban J connectivity index is 2.96. The Bertz CT molecular complexity index is 296. The van der Waals surface area contributed by atoms with Gasteiger partial charge < -0.3 is 5.32 Å². The number of halogens is 4. The predicted molar refractivity (Wildman–Crippen MR) is 49.8 cm³/mol. The van der Waals surface area contributed by atoms with E-state index in [9.17, 15) is 13.2 Å². The molecule has 1 N–H and O–H groups in total. The van der Waals surface area contributed by atoms with E-state index in [4.69, 9.17) is 0 Å². The van der Waals surface area contributed by atoms with Crippen LogP contribution in [0.3, 0.4) is 0 Å². The highest BCUT2D eigenvalue weighted by Gasteiger charge is 2.39. The first-order chi connectivity index (χ1) is 6.45. The number of rotatable bonds is 2. The maximum atomic E-state index is 12.4. The molecule has 14 heavy (non-hydrogen) atoms. The summed E-state index contributed by atoms with van der Waals surface area (Å²) in [5.41, 5.74) is 0.100. The van der Waals surface area contributed by atoms with Gasteiger partial charge in [0.1, 0.15) is 10.6 Å². The Morgan fingerprint density at radius 1 is 1.43 bits per heavy atom. The van der Waals surface area contributed by atoms with Gasteiger partial charge in [-0.2, -0.15) is 13.2 Å². The van der Waals surface area contributed by atoms with Crippen LogP contribution in [0.2, 0.25) is 0 Å². The van der Waals surface area contributed by atoms with Crippen molar-refractivity contribution in [1.29, 1.82) is 0 Å². The molecule has 1 atom stereocenters. The number of pyridine rings is 1. The van der Waals surface area contributed by atoms with Crippen molar-refractivity contribution in [3.63, 3.8) is 0 Å². The van der Waals surface area contributed by atoms with Crippen LogP contribution in [-0.2, 0) is 0 Å². The van der Waals surface area contributed by atoms with Gasteiger partial charge in [-0.1, -0.05) is 6.07 Å². The minimum Gasteiger partial charge on any atom is -0.305 e. The molecule has 0 saturated carbocycles. The van der Waals surface area contributed by atoms with E-state index in [1.54, 1.807) is 0 Å². The molecule has 0 unspecified atom stereocenters. The summed E-state index contributed by atoms with van der Waals surface area (Å²) in [6, 6.07) is 1.19. The minimum atomic E-state index is -4.30. The maximum absolute atomic E-state index is 12.4. The summed E-state index contributed by atoms with van der Waals surface area (Å²) in [5.74, 6) is 0. The Labute approximate surface area is 87.7 Å². The van der Waals surface area contributed by atoms with Gasteiger partial charge in [-0.25, -0.2) is 4.98 Å². The summed E-state index contributed by atoms with van der Waals surface area (Å²) in [5, 5.41) is 2.20. The number of hydrogen-bond acceptors (Lipinski definition) is 2. The van der Waals surface area contributed by atoms with Crippen molar-refractivity contribution in [3.8, 4) is 0 Å². The SMILES string of the molecule is CN[C@@H](c1ccc(Br)nc1)C(F)(F)F. The molecule has 0 fully saturated rings. The molecule has 0 amide bonds. The van der Waals surface area contributed by atoms with Crippen LogP contribution in [0.15, 0.2) is 22.9 Å². The van der Waals surface area contributed by atoms with Gasteiger partial charge in [0.05, 0.1) is 0 Å². The van der Waals surface area contributed by atoms with E-state index in [0.29, 0.717) is 4.60 Å². The van der Waals surface area contributed by atoms with Crippen molar-refractivity contribution in [2.24, 2.45) is 0 Å². The summed E-state index contributed by atoms with van der Waals surface area (Å²) in [7, 11) is 1.26. The summed E-state index contributed by atoms with van der Waals surface area (Å²) < 4.78 is 37.7. The number of nitrogens with one attached hydrogen (secondary N) is 1. The first-order valence-corrected chi connectivity index (χ1v) is 4.60. The zero-order valence-electron chi connectivity index (χ0n) is 7.27. The van der Waals surface area contributed by atoms with Crippen LogP contribution < -0.4 is 5.32 Å². The van der Waals surface area contributed by atoms with E-state index in [-0.39, 0.29) is 5.56 Å². The van der Waals surface area contributed by atoms with Crippen molar-refractivity contribution < 1.29 is 13.2 Å². The molecule has 0 saturated heterocycles. The molecule has 0 bridgehead atoms. The molecule has 0 aliphatic heterocycles. The molecule has 0 aromatic carbocycles. The van der Waals surface area contributed by atoms with Crippen LogP contribution in [-0.4, -0.2) is 18.2 Å². The molecule has 0 aliphatic rings. The molecule has 0 radical (unpaired) electrons. The summed E-state index contributed by atoms with van der Waals surface area (Å²) in [6.07, 6.45) is -3.11. The molecule has 1 heterocycles. The predicted octanol–water partition coefficient (Wildman–Crippen LogP) is 2.67. The van der Waals surface area contributed by atoms with Crippen LogP contribution >= 0.6 is 15.9 Å². The third-order valence-electron chi connectivity index (χ3n) is 1.70. The van der Waals surface area contributed by atoms with E-state index in [0.717, 1.165) is 0 Å². The van der Waals surface area contributed by atoms with Gasteiger partial charge in [0.25, 0.3) is 0 Å². The average molecular weight is 269 g/mol. The standard InChI is InChI=1S/C8H8BrF3N2/c1-13-7(8(10,11)12)5-2-3-6(9)14-4-5/h2-4,7,13H,1H3/t7-/m0/s1. The third kappa shape index (κ3) is 2.68. The summed E-state index contributed by atoms with van der Waals surface area (Å²) in [4.78, 5) is 3.74. The average Bonchev–Trinajstić information content (AvgIpc) is 2.07. The smallest absolute Gasteiger partial charge is 0.305 e. The van der Waals surface area contributed by atoms with E-state index < -0.39 is 12.2 Å². The second-order valence-electron chi connectivity index (χ2n) is 2.68. The number of alkyl halides is 3. The molecule has 1 aromatic heterocycles. The lowest BCUT2D eigenvalue weighted by Gasteiger charge is -2.19. The van der Waals surface area contributed by atoms with Gasteiger partial charge in [-0.05, 0) is 34.6 Å². The number of nitrogens with zero attached hydrogens (tertiary/aromatic N) is 1.